The molecule has 3 aromatic rings. The minimum atomic E-state index is 0. The molecule has 3 rings (SSSR count). The number of para-hydroxylation sites is 1. The fourth-order valence-electron chi connectivity index (χ4n) is 2.68. The maximum absolute atomic E-state index is 5.77. The number of hydrogen-bond acceptors (Lipinski definition) is 6. The largest absolute Gasteiger partial charge is 0.494 e. The van der Waals surface area contributed by atoms with Crippen LogP contribution in [0.2, 0.25) is 0 Å². The molecule has 0 amide bonds. The first kappa shape index (κ1) is 24.1. The summed E-state index contributed by atoms with van der Waals surface area (Å²) < 4.78 is 17.1. The zero-order chi connectivity index (χ0) is 20.3. The highest BCUT2D eigenvalue weighted by Crippen LogP contribution is 2.23. The van der Waals surface area contributed by atoms with E-state index in [0.29, 0.717) is 19.1 Å². The van der Waals surface area contributed by atoms with Crippen LogP contribution >= 0.6 is 24.2 Å². The van der Waals surface area contributed by atoms with E-state index >= 15 is 0 Å². The molecule has 30 heavy (non-hydrogen) atoms. The third kappa shape index (κ3) is 8.30. The Morgan fingerprint density at radius 1 is 0.933 bits per heavy atom. The van der Waals surface area contributed by atoms with Crippen LogP contribution in [0.3, 0.4) is 0 Å². The van der Waals surface area contributed by atoms with Crippen LogP contribution in [-0.2, 0) is 5.75 Å². The predicted octanol–water partition coefficient (Wildman–Crippen LogP) is 5.41. The molecule has 0 saturated heterocycles. The number of hydrogen-bond donors (Lipinski definition) is 0. The molecule has 7 heteroatoms. The molecular formula is C23H29ClN2O3S. The standard InChI is InChI=1S/C23H28N2O3S.ClH/c1-25(2)13-6-14-26-22-11-9-19(10-12-22)23-24-20(17-28-23)18-29-16-15-27-21-7-4-3-5-8-21;/h3-5,7-12,17H,6,13-16,18H2,1-2H3;1H. The molecule has 0 saturated carbocycles. The number of rotatable bonds is 12. The Morgan fingerprint density at radius 2 is 1.63 bits per heavy atom. The van der Waals surface area contributed by atoms with E-state index in [4.69, 9.17) is 13.9 Å². The average molecular weight is 449 g/mol. The van der Waals surface area contributed by atoms with Gasteiger partial charge in [-0.25, -0.2) is 4.98 Å². The van der Waals surface area contributed by atoms with Crippen LogP contribution in [0, 0.1) is 0 Å². The number of oxazole rings is 1. The lowest BCUT2D eigenvalue weighted by molar-refractivity contribution is 0.281. The Kier molecular flexibility index (Phi) is 10.6. The van der Waals surface area contributed by atoms with E-state index < -0.39 is 0 Å². The zero-order valence-corrected chi connectivity index (χ0v) is 19.1. The summed E-state index contributed by atoms with van der Waals surface area (Å²) in [4.78, 5) is 6.74. The van der Waals surface area contributed by atoms with Crippen molar-refractivity contribution in [3.05, 3.63) is 66.6 Å². The van der Waals surface area contributed by atoms with Gasteiger partial charge in [0.05, 0.1) is 18.9 Å². The zero-order valence-electron chi connectivity index (χ0n) is 17.5. The summed E-state index contributed by atoms with van der Waals surface area (Å²) in [5.74, 6) is 4.11. The Bertz CT molecular complexity index is 841. The normalized spacial score (nSPS) is 10.6. The quantitative estimate of drug-likeness (QED) is 0.345. The molecule has 5 nitrogen and oxygen atoms in total. The highest BCUT2D eigenvalue weighted by Gasteiger charge is 2.07. The van der Waals surface area contributed by atoms with Crippen molar-refractivity contribution in [1.82, 2.24) is 9.88 Å². The van der Waals surface area contributed by atoms with Gasteiger partial charge in [0.1, 0.15) is 17.8 Å². The van der Waals surface area contributed by atoms with Crippen LogP contribution in [0.1, 0.15) is 12.1 Å². The summed E-state index contributed by atoms with van der Waals surface area (Å²) in [7, 11) is 4.13. The molecule has 0 N–H and O–H groups in total. The van der Waals surface area contributed by atoms with Gasteiger partial charge in [0.25, 0.3) is 0 Å². The maximum Gasteiger partial charge on any atom is 0.226 e. The molecule has 0 fully saturated rings. The summed E-state index contributed by atoms with van der Waals surface area (Å²) in [5, 5.41) is 0. The van der Waals surface area contributed by atoms with Crippen molar-refractivity contribution < 1.29 is 13.9 Å². The van der Waals surface area contributed by atoms with Crippen LogP contribution in [-0.4, -0.2) is 49.5 Å². The van der Waals surface area contributed by atoms with Gasteiger partial charge in [0.15, 0.2) is 0 Å². The first-order valence-corrected chi connectivity index (χ1v) is 10.9. The molecule has 0 atom stereocenters. The Morgan fingerprint density at radius 3 is 2.37 bits per heavy atom. The average Bonchev–Trinajstić information content (AvgIpc) is 3.21. The number of aromatic nitrogens is 1. The second-order valence-electron chi connectivity index (χ2n) is 6.89. The second kappa shape index (κ2) is 13.2. The molecule has 0 radical (unpaired) electrons. The van der Waals surface area contributed by atoms with Crippen LogP contribution in [0.15, 0.2) is 65.3 Å². The number of thioether (sulfide) groups is 1. The van der Waals surface area contributed by atoms with Gasteiger partial charge in [0, 0.05) is 23.6 Å². The molecule has 1 aromatic heterocycles. The minimum absolute atomic E-state index is 0. The molecule has 0 aliphatic rings. The predicted molar refractivity (Wildman–Crippen MR) is 126 cm³/mol. The topological polar surface area (TPSA) is 47.7 Å². The molecule has 2 aromatic carbocycles. The summed E-state index contributed by atoms with van der Waals surface area (Å²) in [6, 6.07) is 17.8. The molecule has 1 heterocycles. The van der Waals surface area contributed by atoms with Gasteiger partial charge < -0.3 is 18.8 Å². The van der Waals surface area contributed by atoms with E-state index in [2.05, 4.69) is 24.0 Å². The minimum Gasteiger partial charge on any atom is -0.494 e. The van der Waals surface area contributed by atoms with Crippen LogP contribution in [0.5, 0.6) is 11.5 Å². The first-order chi connectivity index (χ1) is 14.2. The van der Waals surface area contributed by atoms with E-state index in [1.807, 2.05) is 54.6 Å². The molecule has 0 aliphatic carbocycles. The van der Waals surface area contributed by atoms with Crippen LogP contribution < -0.4 is 9.47 Å². The SMILES string of the molecule is CN(C)CCCOc1ccc(-c2nc(CSCCOc3ccccc3)co2)cc1.Cl. The van der Waals surface area contributed by atoms with Crippen molar-refractivity contribution in [3.8, 4) is 23.0 Å². The van der Waals surface area contributed by atoms with E-state index in [9.17, 15) is 0 Å². The molecule has 162 valence electrons. The van der Waals surface area contributed by atoms with Gasteiger partial charge in [-0.05, 0) is 56.9 Å². The van der Waals surface area contributed by atoms with Gasteiger partial charge in [-0.3, -0.25) is 0 Å². The smallest absolute Gasteiger partial charge is 0.226 e. The highest BCUT2D eigenvalue weighted by molar-refractivity contribution is 7.98. The Hall–Kier alpha value is -2.15. The van der Waals surface area contributed by atoms with Gasteiger partial charge in [-0.1, -0.05) is 18.2 Å². The van der Waals surface area contributed by atoms with E-state index in [-0.39, 0.29) is 12.4 Å². The number of ether oxygens (including phenoxy) is 2. The van der Waals surface area contributed by atoms with E-state index in [1.165, 1.54) is 0 Å². The fraction of sp³-hybridized carbons (Fsp3) is 0.348. The highest BCUT2D eigenvalue weighted by atomic mass is 35.5. The van der Waals surface area contributed by atoms with Crippen molar-refractivity contribution in [2.75, 3.05) is 39.6 Å². The third-order valence-corrected chi connectivity index (χ3v) is 5.12. The number of halogens is 1. The monoisotopic (exact) mass is 448 g/mol. The lowest BCUT2D eigenvalue weighted by Gasteiger charge is -2.10. The number of nitrogens with zero attached hydrogens (tertiary/aromatic N) is 2. The van der Waals surface area contributed by atoms with Crippen LogP contribution in [0.4, 0.5) is 0 Å². The van der Waals surface area contributed by atoms with Crippen molar-refractivity contribution in [2.45, 2.75) is 12.2 Å². The molecule has 0 unspecified atom stereocenters. The summed E-state index contributed by atoms with van der Waals surface area (Å²) in [6.07, 6.45) is 2.73. The van der Waals surface area contributed by atoms with Crippen molar-refractivity contribution in [1.29, 1.82) is 0 Å². The second-order valence-corrected chi connectivity index (χ2v) is 7.99. The van der Waals surface area contributed by atoms with Gasteiger partial charge in [0.2, 0.25) is 5.89 Å². The summed E-state index contributed by atoms with van der Waals surface area (Å²) in [6.45, 7) is 2.41. The molecule has 0 spiro atoms. The van der Waals surface area contributed by atoms with Gasteiger partial charge >= 0.3 is 0 Å². The van der Waals surface area contributed by atoms with Gasteiger partial charge in [-0.2, -0.15) is 11.8 Å². The first-order valence-electron chi connectivity index (χ1n) is 9.78. The maximum atomic E-state index is 5.77. The van der Waals surface area contributed by atoms with Crippen molar-refractivity contribution in [3.63, 3.8) is 0 Å². The molecular weight excluding hydrogens is 420 g/mol. The lowest BCUT2D eigenvalue weighted by Crippen LogP contribution is -2.15. The van der Waals surface area contributed by atoms with Crippen molar-refractivity contribution in [2.24, 2.45) is 0 Å². The Balaban J connectivity index is 0.00000320. The van der Waals surface area contributed by atoms with E-state index in [0.717, 1.165) is 47.2 Å². The van der Waals surface area contributed by atoms with Gasteiger partial charge in [-0.15, -0.1) is 12.4 Å². The van der Waals surface area contributed by atoms with E-state index in [1.54, 1.807) is 18.0 Å². The molecule has 0 bridgehead atoms. The fourth-order valence-corrected chi connectivity index (χ4v) is 3.37. The number of benzene rings is 2. The summed E-state index contributed by atoms with van der Waals surface area (Å²) >= 11 is 1.78. The third-order valence-electron chi connectivity index (χ3n) is 4.16. The molecule has 0 aliphatic heterocycles. The lowest BCUT2D eigenvalue weighted by atomic mass is 10.2. The van der Waals surface area contributed by atoms with Crippen molar-refractivity contribution >= 4 is 24.2 Å². The summed E-state index contributed by atoms with van der Waals surface area (Å²) in [5.41, 5.74) is 1.89. The van der Waals surface area contributed by atoms with Crippen LogP contribution in [0.25, 0.3) is 11.5 Å². The Labute approximate surface area is 189 Å².